The highest BCUT2D eigenvalue weighted by atomic mass is 16.8. The lowest BCUT2D eigenvalue weighted by Crippen LogP contribution is -2.41. The van der Waals surface area contributed by atoms with Gasteiger partial charge >= 0.3 is 0 Å². The molecule has 2 atom stereocenters. The molecule has 0 aliphatic heterocycles. The Labute approximate surface area is 167 Å². The van der Waals surface area contributed by atoms with Gasteiger partial charge < -0.3 is 10.2 Å². The first-order valence-corrected chi connectivity index (χ1v) is 10.2. The summed E-state index contributed by atoms with van der Waals surface area (Å²) >= 11 is 0. The van der Waals surface area contributed by atoms with Gasteiger partial charge in [-0.3, -0.25) is 19.6 Å². The summed E-state index contributed by atoms with van der Waals surface area (Å²) in [6, 6.07) is 9.94. The van der Waals surface area contributed by atoms with Crippen molar-refractivity contribution in [3.8, 4) is 0 Å². The summed E-state index contributed by atoms with van der Waals surface area (Å²) in [7, 11) is 0. The smallest absolute Gasteiger partial charge is 0.233 e. The molecule has 0 saturated heterocycles. The van der Waals surface area contributed by atoms with Crippen molar-refractivity contribution in [1.29, 1.82) is 0 Å². The maximum absolute atomic E-state index is 13.2. The lowest BCUT2D eigenvalue weighted by atomic mass is 9.91. The average molecular weight is 392 g/mol. The van der Waals surface area contributed by atoms with Gasteiger partial charge in [-0.2, -0.15) is 0 Å². The van der Waals surface area contributed by atoms with Gasteiger partial charge in [0.05, 0.1) is 12.0 Å². The molecule has 1 aromatic rings. The fourth-order valence-electron chi connectivity index (χ4n) is 3.85. The van der Waals surface area contributed by atoms with Crippen LogP contribution < -0.4 is 11.0 Å². The van der Waals surface area contributed by atoms with E-state index in [9.17, 15) is 9.59 Å². The summed E-state index contributed by atoms with van der Waals surface area (Å²) in [6.45, 7) is 6.32. The van der Waals surface area contributed by atoms with E-state index in [1.165, 1.54) is 0 Å². The van der Waals surface area contributed by atoms with E-state index in [-0.39, 0.29) is 17.7 Å². The molecule has 3 N–H and O–H groups in total. The molecule has 0 heterocycles. The first-order valence-electron chi connectivity index (χ1n) is 10.2. The van der Waals surface area contributed by atoms with Gasteiger partial charge in [-0.05, 0) is 44.6 Å². The fraction of sp³-hybridized carbons (Fsp3) is 0.619. The molecule has 1 saturated carbocycles. The van der Waals surface area contributed by atoms with Gasteiger partial charge in [0.25, 0.3) is 0 Å². The number of unbranched alkanes of at least 4 members (excludes halogenated alkanes) is 2. The van der Waals surface area contributed by atoms with E-state index >= 15 is 0 Å². The molecule has 0 unspecified atom stereocenters. The number of nitrogens with zero attached hydrogens (tertiary/aromatic N) is 1. The van der Waals surface area contributed by atoms with Crippen LogP contribution in [0.3, 0.4) is 0 Å². The molecule has 0 bridgehead atoms. The van der Waals surface area contributed by atoms with Crippen LogP contribution in [0.1, 0.15) is 51.5 Å². The van der Waals surface area contributed by atoms with Gasteiger partial charge in [0.2, 0.25) is 11.8 Å². The Kier molecular flexibility index (Phi) is 8.89. The van der Waals surface area contributed by atoms with Crippen LogP contribution in [0.5, 0.6) is 0 Å². The molecular weight excluding hydrogens is 358 g/mol. The number of nitrogens with one attached hydrogen (secondary N) is 2. The second-order valence-electron chi connectivity index (χ2n) is 7.27. The first kappa shape index (κ1) is 22.3. The largest absolute Gasteiger partial charge is 0.356 e. The SMILES string of the molecule is CCN(CC)C(=O)[C@]1(c2ccccc2)C[C@@H]1CNC(=O)CCCCCONO. The number of carbonyl (C=O) groups excluding carboxylic acids is 2. The molecule has 1 aliphatic carbocycles. The molecule has 1 aromatic carbocycles. The van der Waals surface area contributed by atoms with Crippen LogP contribution >= 0.6 is 0 Å². The van der Waals surface area contributed by atoms with Gasteiger partial charge in [-0.1, -0.05) is 42.4 Å². The van der Waals surface area contributed by atoms with Crippen LogP contribution in [-0.2, 0) is 19.8 Å². The second-order valence-corrected chi connectivity index (χ2v) is 7.27. The Bertz CT molecular complexity index is 621. The standard InChI is InChI=1S/C21H33N3O4/c1-3-24(4-2)20(26)21(17-11-7-5-8-12-17)15-18(21)16-22-19(25)13-9-6-10-14-28-23-27/h5,7-8,11-12,18,23,27H,3-4,6,9-10,13-16H2,1-2H3,(H,22,25)/t18-,21+/m1/s1. The molecule has 1 fully saturated rings. The molecule has 156 valence electrons. The summed E-state index contributed by atoms with van der Waals surface area (Å²) in [6.07, 6.45) is 3.64. The fourth-order valence-corrected chi connectivity index (χ4v) is 3.85. The quantitative estimate of drug-likeness (QED) is 0.355. The monoisotopic (exact) mass is 391 g/mol. The number of amides is 2. The Balaban J connectivity index is 1.88. The molecule has 28 heavy (non-hydrogen) atoms. The van der Waals surface area contributed by atoms with Crippen LogP contribution in [0.4, 0.5) is 0 Å². The maximum Gasteiger partial charge on any atom is 0.233 e. The van der Waals surface area contributed by atoms with Crippen molar-refractivity contribution in [2.45, 2.75) is 51.4 Å². The van der Waals surface area contributed by atoms with E-state index < -0.39 is 5.41 Å². The highest BCUT2D eigenvalue weighted by molar-refractivity contribution is 5.92. The van der Waals surface area contributed by atoms with Gasteiger partial charge in [0, 0.05) is 26.1 Å². The number of hydrogen-bond donors (Lipinski definition) is 3. The van der Waals surface area contributed by atoms with E-state index in [1.807, 2.05) is 49.1 Å². The first-order chi connectivity index (χ1) is 13.6. The lowest BCUT2D eigenvalue weighted by molar-refractivity contribution is -0.134. The third kappa shape index (κ3) is 5.53. The summed E-state index contributed by atoms with van der Waals surface area (Å²) < 4.78 is 0. The molecule has 0 aromatic heterocycles. The molecule has 0 spiro atoms. The zero-order chi connectivity index (χ0) is 20.4. The number of rotatable bonds is 13. The van der Waals surface area contributed by atoms with Crippen molar-refractivity contribution in [2.75, 3.05) is 26.2 Å². The third-order valence-electron chi connectivity index (χ3n) is 5.59. The summed E-state index contributed by atoms with van der Waals surface area (Å²) in [4.78, 5) is 31.9. The summed E-state index contributed by atoms with van der Waals surface area (Å²) in [5.41, 5.74) is 2.18. The molecular formula is C21H33N3O4. The van der Waals surface area contributed by atoms with Crippen molar-refractivity contribution < 1.29 is 19.6 Å². The minimum atomic E-state index is -0.505. The zero-order valence-electron chi connectivity index (χ0n) is 16.9. The number of benzene rings is 1. The summed E-state index contributed by atoms with van der Waals surface area (Å²) in [5.74, 6) is 0.321. The van der Waals surface area contributed by atoms with Crippen LogP contribution in [0.2, 0.25) is 0 Å². The Morgan fingerprint density at radius 3 is 2.54 bits per heavy atom. The van der Waals surface area contributed by atoms with E-state index in [0.717, 1.165) is 31.2 Å². The van der Waals surface area contributed by atoms with Gasteiger partial charge in [0.15, 0.2) is 0 Å². The molecule has 7 heteroatoms. The van der Waals surface area contributed by atoms with E-state index in [2.05, 4.69) is 10.2 Å². The van der Waals surface area contributed by atoms with E-state index in [0.29, 0.717) is 32.7 Å². The molecule has 0 radical (unpaired) electrons. The van der Waals surface area contributed by atoms with Crippen molar-refractivity contribution in [3.05, 3.63) is 35.9 Å². The molecule has 2 rings (SSSR count). The molecule has 1 aliphatic rings. The lowest BCUT2D eigenvalue weighted by Gasteiger charge is -2.26. The number of hydrogen-bond acceptors (Lipinski definition) is 5. The van der Waals surface area contributed by atoms with E-state index in [1.54, 1.807) is 5.64 Å². The topological polar surface area (TPSA) is 90.9 Å². The maximum atomic E-state index is 13.2. The minimum Gasteiger partial charge on any atom is -0.356 e. The number of likely N-dealkylation sites (N-methyl/N-ethyl adjacent to an activating group) is 1. The summed E-state index contributed by atoms with van der Waals surface area (Å²) in [5, 5.41) is 11.3. The van der Waals surface area contributed by atoms with Gasteiger partial charge in [0.1, 0.15) is 0 Å². The molecule has 7 nitrogen and oxygen atoms in total. The second kappa shape index (κ2) is 11.1. The highest BCUT2D eigenvalue weighted by Crippen LogP contribution is 2.55. The Hall–Kier alpha value is -1.96. The highest BCUT2D eigenvalue weighted by Gasteiger charge is 2.61. The Morgan fingerprint density at radius 2 is 1.89 bits per heavy atom. The predicted octanol–water partition coefficient (Wildman–Crippen LogP) is 2.40. The normalized spacial score (nSPS) is 20.6. The average Bonchev–Trinajstić information content (AvgIpc) is 3.46. The van der Waals surface area contributed by atoms with Gasteiger partial charge in [-0.25, -0.2) is 0 Å². The van der Waals surface area contributed by atoms with Crippen LogP contribution in [0.25, 0.3) is 0 Å². The van der Waals surface area contributed by atoms with Crippen LogP contribution in [0, 0.1) is 5.92 Å². The van der Waals surface area contributed by atoms with Crippen molar-refractivity contribution in [1.82, 2.24) is 15.9 Å². The van der Waals surface area contributed by atoms with Crippen LogP contribution in [0.15, 0.2) is 30.3 Å². The zero-order valence-corrected chi connectivity index (χ0v) is 16.9. The Morgan fingerprint density at radius 1 is 1.18 bits per heavy atom. The number of carbonyl (C=O) groups is 2. The minimum absolute atomic E-state index is 0.0188. The van der Waals surface area contributed by atoms with E-state index in [4.69, 9.17) is 5.21 Å². The van der Waals surface area contributed by atoms with Crippen molar-refractivity contribution in [3.63, 3.8) is 0 Å². The predicted molar refractivity (Wildman–Crippen MR) is 107 cm³/mol. The van der Waals surface area contributed by atoms with Crippen molar-refractivity contribution >= 4 is 11.8 Å². The third-order valence-corrected chi connectivity index (χ3v) is 5.59. The van der Waals surface area contributed by atoms with Gasteiger partial charge in [-0.15, -0.1) is 0 Å². The van der Waals surface area contributed by atoms with Crippen molar-refractivity contribution in [2.24, 2.45) is 5.92 Å². The van der Waals surface area contributed by atoms with Crippen LogP contribution in [-0.4, -0.2) is 48.2 Å². The molecule has 2 amide bonds.